The van der Waals surface area contributed by atoms with Crippen molar-refractivity contribution in [1.29, 1.82) is 0 Å². The molecule has 0 bridgehead atoms. The topological polar surface area (TPSA) is 40.5 Å². The largest absolute Gasteiger partial charge is 0.392 e. The lowest BCUT2D eigenvalue weighted by Crippen LogP contribution is -2.15. The number of hydrogen-bond acceptors (Lipinski definition) is 3. The summed E-state index contributed by atoms with van der Waals surface area (Å²) in [5.74, 6) is -0.405. The first-order chi connectivity index (χ1) is 7.43. The van der Waals surface area contributed by atoms with Crippen molar-refractivity contribution in [2.75, 3.05) is 0 Å². The van der Waals surface area contributed by atoms with Gasteiger partial charge in [0.15, 0.2) is 0 Å². The Morgan fingerprint density at radius 2 is 1.81 bits per heavy atom. The van der Waals surface area contributed by atoms with Gasteiger partial charge in [0, 0.05) is 15.7 Å². The van der Waals surface area contributed by atoms with E-state index in [2.05, 4.69) is 0 Å². The third-order valence-electron chi connectivity index (χ3n) is 2.42. The van der Waals surface area contributed by atoms with Crippen LogP contribution in [0.25, 0.3) is 0 Å². The fourth-order valence-corrected chi connectivity index (χ4v) is 2.47. The van der Waals surface area contributed by atoms with Crippen LogP contribution in [-0.2, 0) is 0 Å². The van der Waals surface area contributed by atoms with E-state index in [1.165, 1.54) is 24.8 Å². The fourth-order valence-electron chi connectivity index (χ4n) is 1.32. The van der Waals surface area contributed by atoms with Gasteiger partial charge in [0.2, 0.25) is 0 Å². The summed E-state index contributed by atoms with van der Waals surface area (Å²) in [6.45, 7) is 5.10. The van der Waals surface area contributed by atoms with Crippen LogP contribution in [0.2, 0.25) is 0 Å². The van der Waals surface area contributed by atoms with Crippen LogP contribution >= 0.6 is 11.8 Å². The van der Waals surface area contributed by atoms with Crippen molar-refractivity contribution in [3.05, 3.63) is 29.6 Å². The van der Waals surface area contributed by atoms with Gasteiger partial charge in [-0.3, -0.25) is 0 Å². The van der Waals surface area contributed by atoms with Crippen LogP contribution in [0.5, 0.6) is 0 Å². The highest BCUT2D eigenvalue weighted by atomic mass is 32.2. The van der Waals surface area contributed by atoms with Crippen molar-refractivity contribution >= 4 is 11.8 Å². The molecule has 0 heterocycles. The Morgan fingerprint density at radius 1 is 1.19 bits per heavy atom. The van der Waals surface area contributed by atoms with Gasteiger partial charge in [0.1, 0.15) is 5.82 Å². The van der Waals surface area contributed by atoms with Crippen molar-refractivity contribution in [3.63, 3.8) is 0 Å². The van der Waals surface area contributed by atoms with Gasteiger partial charge < -0.3 is 10.2 Å². The predicted octanol–water partition coefficient (Wildman–Crippen LogP) is 2.74. The van der Waals surface area contributed by atoms with Crippen LogP contribution in [0.1, 0.15) is 32.4 Å². The second kappa shape index (κ2) is 5.66. The molecular weight excluding hydrogens is 227 g/mol. The van der Waals surface area contributed by atoms with Gasteiger partial charge in [0.05, 0.1) is 12.2 Å². The maximum Gasteiger partial charge on any atom is 0.130 e. The van der Waals surface area contributed by atoms with E-state index in [0.29, 0.717) is 10.5 Å². The molecule has 0 fully saturated rings. The Bertz CT molecular complexity index is 353. The van der Waals surface area contributed by atoms with E-state index in [-0.39, 0.29) is 5.25 Å². The summed E-state index contributed by atoms with van der Waals surface area (Å²) in [6.07, 6.45) is -1.32. The molecule has 0 aliphatic rings. The van der Waals surface area contributed by atoms with E-state index >= 15 is 0 Å². The molecule has 2 nitrogen and oxygen atoms in total. The molecule has 1 aromatic carbocycles. The summed E-state index contributed by atoms with van der Waals surface area (Å²) in [6, 6.07) is 4.70. The first-order valence-corrected chi connectivity index (χ1v) is 6.12. The Balaban J connectivity index is 2.99. The van der Waals surface area contributed by atoms with E-state index in [1.807, 2.05) is 6.92 Å². The van der Waals surface area contributed by atoms with Gasteiger partial charge in [-0.05, 0) is 26.0 Å². The normalized spacial score (nSPS) is 16.9. The van der Waals surface area contributed by atoms with E-state index in [0.717, 1.165) is 0 Å². The number of rotatable bonds is 4. The van der Waals surface area contributed by atoms with Gasteiger partial charge >= 0.3 is 0 Å². The quantitative estimate of drug-likeness (QED) is 0.800. The monoisotopic (exact) mass is 244 g/mol. The molecule has 4 heteroatoms. The first-order valence-electron chi connectivity index (χ1n) is 5.24. The highest BCUT2D eigenvalue weighted by molar-refractivity contribution is 8.00. The number of aliphatic hydroxyl groups is 2. The van der Waals surface area contributed by atoms with Gasteiger partial charge in [-0.15, -0.1) is 11.8 Å². The lowest BCUT2D eigenvalue weighted by Gasteiger charge is -2.18. The molecule has 0 spiro atoms. The Morgan fingerprint density at radius 3 is 2.31 bits per heavy atom. The van der Waals surface area contributed by atoms with Crippen molar-refractivity contribution in [3.8, 4) is 0 Å². The first kappa shape index (κ1) is 13.5. The number of halogens is 1. The standard InChI is InChI=1S/C12H17FO2S/c1-7(14)9(3)16-11-6-4-5-10(13)12(11)8(2)15/h4-9,14-15H,1-3H3. The molecule has 0 aliphatic heterocycles. The van der Waals surface area contributed by atoms with E-state index in [4.69, 9.17) is 0 Å². The van der Waals surface area contributed by atoms with Crippen LogP contribution in [0.4, 0.5) is 4.39 Å². The van der Waals surface area contributed by atoms with Crippen LogP contribution in [-0.4, -0.2) is 21.6 Å². The number of hydrogen-bond donors (Lipinski definition) is 2. The molecular formula is C12H17FO2S. The maximum absolute atomic E-state index is 13.5. The minimum absolute atomic E-state index is 0.0423. The number of thioether (sulfide) groups is 1. The third kappa shape index (κ3) is 3.20. The van der Waals surface area contributed by atoms with E-state index < -0.39 is 18.0 Å². The summed E-state index contributed by atoms with van der Waals surface area (Å²) in [4.78, 5) is 0.684. The summed E-state index contributed by atoms with van der Waals surface area (Å²) in [5, 5.41) is 18.9. The second-order valence-corrected chi connectivity index (χ2v) is 5.31. The van der Waals surface area contributed by atoms with E-state index in [9.17, 15) is 14.6 Å². The maximum atomic E-state index is 13.5. The predicted molar refractivity (Wildman–Crippen MR) is 64.0 cm³/mol. The Labute approximate surface area is 99.5 Å². The van der Waals surface area contributed by atoms with Crippen LogP contribution in [0.15, 0.2) is 23.1 Å². The third-order valence-corrected chi connectivity index (χ3v) is 3.80. The van der Waals surface area contributed by atoms with Crippen LogP contribution < -0.4 is 0 Å². The highest BCUT2D eigenvalue weighted by Crippen LogP contribution is 2.33. The molecule has 1 aromatic rings. The van der Waals surface area contributed by atoms with Crippen molar-refractivity contribution in [2.45, 2.75) is 43.1 Å². The zero-order valence-electron chi connectivity index (χ0n) is 9.64. The van der Waals surface area contributed by atoms with Crippen molar-refractivity contribution < 1.29 is 14.6 Å². The Kier molecular flexibility index (Phi) is 4.77. The summed E-state index contributed by atoms with van der Waals surface area (Å²) >= 11 is 1.37. The molecule has 16 heavy (non-hydrogen) atoms. The molecule has 1 rings (SSSR count). The molecule has 0 amide bonds. The molecule has 3 atom stereocenters. The molecule has 0 saturated carbocycles. The molecule has 3 unspecified atom stereocenters. The SMILES string of the molecule is CC(O)c1c(F)cccc1SC(C)C(C)O. The lowest BCUT2D eigenvalue weighted by molar-refractivity contribution is 0.189. The van der Waals surface area contributed by atoms with Gasteiger partial charge in [-0.1, -0.05) is 13.0 Å². The molecule has 0 radical (unpaired) electrons. The molecule has 0 saturated heterocycles. The van der Waals surface area contributed by atoms with Crippen molar-refractivity contribution in [1.82, 2.24) is 0 Å². The van der Waals surface area contributed by atoms with Crippen molar-refractivity contribution in [2.24, 2.45) is 0 Å². The lowest BCUT2D eigenvalue weighted by atomic mass is 10.1. The smallest absolute Gasteiger partial charge is 0.130 e. The van der Waals surface area contributed by atoms with Crippen LogP contribution in [0, 0.1) is 5.82 Å². The summed E-state index contributed by atoms with van der Waals surface area (Å²) in [5.41, 5.74) is 0.306. The Hall–Kier alpha value is -0.580. The number of aliphatic hydroxyl groups excluding tert-OH is 2. The average Bonchev–Trinajstić information content (AvgIpc) is 2.16. The van der Waals surface area contributed by atoms with Crippen LogP contribution in [0.3, 0.4) is 0 Å². The highest BCUT2D eigenvalue weighted by Gasteiger charge is 2.17. The molecule has 0 aromatic heterocycles. The zero-order valence-corrected chi connectivity index (χ0v) is 10.5. The molecule has 0 aliphatic carbocycles. The molecule has 90 valence electrons. The van der Waals surface area contributed by atoms with E-state index in [1.54, 1.807) is 19.1 Å². The molecule has 2 N–H and O–H groups in total. The summed E-state index contributed by atoms with van der Waals surface area (Å²) < 4.78 is 13.5. The average molecular weight is 244 g/mol. The summed E-state index contributed by atoms with van der Waals surface area (Å²) in [7, 11) is 0. The van der Waals surface area contributed by atoms with Gasteiger partial charge in [-0.25, -0.2) is 4.39 Å². The fraction of sp³-hybridized carbons (Fsp3) is 0.500. The van der Waals surface area contributed by atoms with Gasteiger partial charge in [0.25, 0.3) is 0 Å². The van der Waals surface area contributed by atoms with Gasteiger partial charge in [-0.2, -0.15) is 0 Å². The minimum Gasteiger partial charge on any atom is -0.392 e. The minimum atomic E-state index is -0.843. The number of benzene rings is 1. The zero-order chi connectivity index (χ0) is 12.3. The second-order valence-electron chi connectivity index (χ2n) is 3.89.